The van der Waals surface area contributed by atoms with Crippen LogP contribution in [0.15, 0.2) is 5.11 Å². The van der Waals surface area contributed by atoms with E-state index in [0.29, 0.717) is 6.61 Å². The maximum absolute atomic E-state index is 11.3. The Kier molecular flexibility index (Phi) is 5.40. The number of ether oxygens (including phenoxy) is 2. The standard InChI is InChI=1S/C6H12N3O3/c1-3-11-5-6(10,8-9-7)12-4-2/h3-5H2,1-2H3. The van der Waals surface area contributed by atoms with Gasteiger partial charge in [-0.25, -0.2) is 0 Å². The lowest BCUT2D eigenvalue weighted by atomic mass is 10.5. The summed E-state index contributed by atoms with van der Waals surface area (Å²) in [5.74, 6) is -2.11. The van der Waals surface area contributed by atoms with Crippen LogP contribution < -0.4 is 0 Å². The second-order valence-corrected chi connectivity index (χ2v) is 1.97. The van der Waals surface area contributed by atoms with E-state index < -0.39 is 5.91 Å². The van der Waals surface area contributed by atoms with Gasteiger partial charge in [-0.15, -0.1) is 0 Å². The third-order valence-electron chi connectivity index (χ3n) is 1.06. The van der Waals surface area contributed by atoms with E-state index in [0.717, 1.165) is 0 Å². The van der Waals surface area contributed by atoms with Gasteiger partial charge in [-0.2, -0.15) is 5.11 Å². The molecule has 0 bridgehead atoms. The van der Waals surface area contributed by atoms with Crippen LogP contribution in [-0.2, 0) is 14.6 Å². The molecule has 1 atom stereocenters. The largest absolute Gasteiger partial charge is 0.376 e. The third kappa shape index (κ3) is 4.15. The van der Waals surface area contributed by atoms with Crippen LogP contribution in [0.4, 0.5) is 0 Å². The minimum Gasteiger partial charge on any atom is -0.376 e. The first-order chi connectivity index (χ1) is 5.68. The van der Waals surface area contributed by atoms with Gasteiger partial charge in [0.05, 0.1) is 0 Å². The smallest absolute Gasteiger partial charge is 0.305 e. The summed E-state index contributed by atoms with van der Waals surface area (Å²) >= 11 is 0. The van der Waals surface area contributed by atoms with Crippen LogP contribution in [0.5, 0.6) is 0 Å². The van der Waals surface area contributed by atoms with Gasteiger partial charge in [-0.3, -0.25) is 0 Å². The molecule has 12 heavy (non-hydrogen) atoms. The normalized spacial score (nSPS) is 14.9. The first kappa shape index (κ1) is 11.2. The van der Waals surface area contributed by atoms with E-state index in [1.165, 1.54) is 0 Å². The van der Waals surface area contributed by atoms with Crippen molar-refractivity contribution >= 4 is 0 Å². The van der Waals surface area contributed by atoms with Crippen molar-refractivity contribution in [3.63, 3.8) is 0 Å². The van der Waals surface area contributed by atoms with Crippen LogP contribution in [0.3, 0.4) is 0 Å². The molecular formula is C6H12N3O3. The highest BCUT2D eigenvalue weighted by Gasteiger charge is 2.28. The Balaban J connectivity index is 4.07. The summed E-state index contributed by atoms with van der Waals surface area (Å²) in [6, 6.07) is 0. The molecule has 0 saturated heterocycles. The van der Waals surface area contributed by atoms with Crippen molar-refractivity contribution < 1.29 is 14.6 Å². The Labute approximate surface area is 70.7 Å². The zero-order valence-corrected chi connectivity index (χ0v) is 7.19. The van der Waals surface area contributed by atoms with E-state index in [1.807, 2.05) is 0 Å². The molecule has 0 aromatic heterocycles. The molecule has 0 aliphatic carbocycles. The lowest BCUT2D eigenvalue weighted by molar-refractivity contribution is -0.258. The molecule has 0 heterocycles. The maximum Gasteiger partial charge on any atom is 0.305 e. The van der Waals surface area contributed by atoms with Crippen LogP contribution in [0.2, 0.25) is 0 Å². The van der Waals surface area contributed by atoms with Crippen molar-refractivity contribution in [2.45, 2.75) is 19.8 Å². The Morgan fingerprint density at radius 3 is 2.58 bits per heavy atom. The lowest BCUT2D eigenvalue weighted by Crippen LogP contribution is -2.33. The molecule has 0 amide bonds. The monoisotopic (exact) mass is 174 g/mol. The van der Waals surface area contributed by atoms with Gasteiger partial charge in [-0.1, -0.05) is 0 Å². The SMILES string of the molecule is CCOCC([O])(N=[N+]=[N-])OCC. The number of hydrogen-bond acceptors (Lipinski definition) is 3. The summed E-state index contributed by atoms with van der Waals surface area (Å²) in [4.78, 5) is 2.39. The van der Waals surface area contributed by atoms with Crippen molar-refractivity contribution in [2.75, 3.05) is 19.8 Å². The summed E-state index contributed by atoms with van der Waals surface area (Å²) in [6.07, 6.45) is 0. The minimum absolute atomic E-state index is 0.190. The van der Waals surface area contributed by atoms with E-state index >= 15 is 0 Å². The van der Waals surface area contributed by atoms with Crippen LogP contribution in [0.25, 0.3) is 10.4 Å². The zero-order valence-electron chi connectivity index (χ0n) is 7.19. The molecule has 0 aromatic rings. The molecule has 0 aromatic carbocycles. The first-order valence-corrected chi connectivity index (χ1v) is 3.67. The van der Waals surface area contributed by atoms with E-state index in [-0.39, 0.29) is 13.2 Å². The van der Waals surface area contributed by atoms with Gasteiger partial charge in [0.1, 0.15) is 6.61 Å². The number of hydrogen-bond donors (Lipinski definition) is 0. The van der Waals surface area contributed by atoms with Crippen LogP contribution in [0, 0.1) is 0 Å². The van der Waals surface area contributed by atoms with E-state index in [4.69, 9.17) is 10.3 Å². The van der Waals surface area contributed by atoms with Crippen LogP contribution >= 0.6 is 0 Å². The van der Waals surface area contributed by atoms with E-state index in [1.54, 1.807) is 13.8 Å². The minimum atomic E-state index is -2.11. The Bertz CT molecular complexity index is 169. The maximum atomic E-state index is 11.3. The first-order valence-electron chi connectivity index (χ1n) is 3.67. The quantitative estimate of drug-likeness (QED) is 0.264. The molecule has 0 fully saturated rings. The fourth-order valence-electron chi connectivity index (χ4n) is 0.624. The average Bonchev–Trinajstić information content (AvgIpc) is 2.02. The Morgan fingerprint density at radius 2 is 2.17 bits per heavy atom. The van der Waals surface area contributed by atoms with Gasteiger partial charge in [0, 0.05) is 18.1 Å². The molecule has 0 N–H and O–H groups in total. The van der Waals surface area contributed by atoms with Crippen molar-refractivity contribution in [3.05, 3.63) is 10.4 Å². The molecule has 0 spiro atoms. The Hall–Kier alpha value is -0.810. The summed E-state index contributed by atoms with van der Waals surface area (Å²) in [6.45, 7) is 3.70. The van der Waals surface area contributed by atoms with Gasteiger partial charge >= 0.3 is 5.91 Å². The molecular weight excluding hydrogens is 162 g/mol. The molecule has 0 rings (SSSR count). The van der Waals surface area contributed by atoms with E-state index in [2.05, 4.69) is 14.8 Å². The summed E-state index contributed by atoms with van der Waals surface area (Å²) in [5, 5.41) is 14.3. The summed E-state index contributed by atoms with van der Waals surface area (Å²) in [5.41, 5.74) is 8.05. The van der Waals surface area contributed by atoms with Gasteiger partial charge in [-0.05, 0) is 24.5 Å². The number of nitrogens with zero attached hydrogens (tertiary/aromatic N) is 3. The second-order valence-electron chi connectivity index (χ2n) is 1.97. The van der Waals surface area contributed by atoms with E-state index in [9.17, 15) is 5.11 Å². The molecule has 6 nitrogen and oxygen atoms in total. The van der Waals surface area contributed by atoms with Crippen molar-refractivity contribution in [2.24, 2.45) is 5.11 Å². The summed E-state index contributed by atoms with van der Waals surface area (Å²) in [7, 11) is 0. The van der Waals surface area contributed by atoms with Gasteiger partial charge in [0.15, 0.2) is 0 Å². The zero-order chi connectivity index (χ0) is 9.45. The molecule has 1 radical (unpaired) electrons. The number of azide groups is 1. The molecule has 0 saturated carbocycles. The highest BCUT2D eigenvalue weighted by atomic mass is 16.7. The lowest BCUT2D eigenvalue weighted by Gasteiger charge is -2.18. The number of rotatable bonds is 6. The average molecular weight is 174 g/mol. The third-order valence-corrected chi connectivity index (χ3v) is 1.06. The molecule has 0 aliphatic heterocycles. The molecule has 1 unspecified atom stereocenters. The van der Waals surface area contributed by atoms with Gasteiger partial charge in [0.2, 0.25) is 0 Å². The summed E-state index contributed by atoms with van der Waals surface area (Å²) < 4.78 is 9.47. The molecule has 69 valence electrons. The van der Waals surface area contributed by atoms with Crippen molar-refractivity contribution in [1.29, 1.82) is 0 Å². The van der Waals surface area contributed by atoms with Gasteiger partial charge < -0.3 is 9.47 Å². The Morgan fingerprint density at radius 1 is 1.50 bits per heavy atom. The predicted molar refractivity (Wildman–Crippen MR) is 40.7 cm³/mol. The van der Waals surface area contributed by atoms with Crippen LogP contribution in [0.1, 0.15) is 13.8 Å². The van der Waals surface area contributed by atoms with Crippen molar-refractivity contribution in [1.82, 2.24) is 0 Å². The fraction of sp³-hybridized carbons (Fsp3) is 1.00. The van der Waals surface area contributed by atoms with Crippen LogP contribution in [-0.4, -0.2) is 25.7 Å². The highest BCUT2D eigenvalue weighted by Crippen LogP contribution is 2.10. The topological polar surface area (TPSA) is 87.1 Å². The fourth-order valence-corrected chi connectivity index (χ4v) is 0.624. The second kappa shape index (κ2) is 5.79. The predicted octanol–water partition coefficient (Wildman–Crippen LogP) is 1.45. The molecule has 0 aliphatic rings. The highest BCUT2D eigenvalue weighted by molar-refractivity contribution is 4.63. The molecule has 6 heteroatoms. The van der Waals surface area contributed by atoms with Crippen molar-refractivity contribution in [3.8, 4) is 0 Å². The van der Waals surface area contributed by atoms with Gasteiger partial charge in [0.25, 0.3) is 0 Å².